The molecule has 1 aliphatic rings. The van der Waals surface area contributed by atoms with Gasteiger partial charge in [-0.05, 0) is 46.8 Å². The van der Waals surface area contributed by atoms with E-state index in [4.69, 9.17) is 14.6 Å². The first-order chi connectivity index (χ1) is 9.18. The van der Waals surface area contributed by atoms with Crippen LogP contribution < -0.4 is 5.59 Å². The number of hydrogen-bond acceptors (Lipinski definition) is 5. The first kappa shape index (κ1) is 15.0. The van der Waals surface area contributed by atoms with Gasteiger partial charge in [0.2, 0.25) is 0 Å². The highest BCUT2D eigenvalue weighted by atomic mass is 16.7. The average molecular weight is 274 g/mol. The van der Waals surface area contributed by atoms with Crippen LogP contribution in [0.15, 0.2) is 12.1 Å². The SMILES string of the molecule is CC(O)c1nc(B2OC(C)(C)C(C)(C)O2)ccc1C#N. The van der Waals surface area contributed by atoms with Crippen LogP contribution in [-0.2, 0) is 9.31 Å². The van der Waals surface area contributed by atoms with E-state index in [1.54, 1.807) is 19.1 Å². The predicted molar refractivity (Wildman–Crippen MR) is 75.3 cm³/mol. The van der Waals surface area contributed by atoms with Gasteiger partial charge >= 0.3 is 7.12 Å². The molecule has 1 aromatic rings. The lowest BCUT2D eigenvalue weighted by Crippen LogP contribution is -2.41. The van der Waals surface area contributed by atoms with Crippen LogP contribution in [0.2, 0.25) is 0 Å². The Morgan fingerprint density at radius 3 is 2.25 bits per heavy atom. The molecular weight excluding hydrogens is 255 g/mol. The molecule has 1 aliphatic heterocycles. The molecule has 6 heteroatoms. The monoisotopic (exact) mass is 274 g/mol. The third-order valence-corrected chi connectivity index (χ3v) is 3.96. The lowest BCUT2D eigenvalue weighted by molar-refractivity contribution is 0.00578. The fourth-order valence-electron chi connectivity index (χ4n) is 2.00. The Labute approximate surface area is 119 Å². The summed E-state index contributed by atoms with van der Waals surface area (Å²) in [5.74, 6) is 0. The molecule has 0 amide bonds. The Bertz CT molecular complexity index is 548. The van der Waals surface area contributed by atoms with E-state index in [1.165, 1.54) is 0 Å². The van der Waals surface area contributed by atoms with E-state index in [-0.39, 0.29) is 0 Å². The molecular formula is C14H19BN2O3. The van der Waals surface area contributed by atoms with E-state index in [1.807, 2.05) is 33.8 Å². The van der Waals surface area contributed by atoms with Crippen molar-refractivity contribution >= 4 is 12.7 Å². The number of hydrogen-bond donors (Lipinski definition) is 1. The number of nitrogens with zero attached hydrogens (tertiary/aromatic N) is 2. The molecule has 1 N–H and O–H groups in total. The normalized spacial score (nSPS) is 21.6. The van der Waals surface area contributed by atoms with Gasteiger partial charge in [0, 0.05) is 0 Å². The molecule has 1 saturated heterocycles. The number of aliphatic hydroxyl groups is 1. The zero-order chi connectivity index (χ0) is 15.1. The minimum atomic E-state index is -0.813. The van der Waals surface area contributed by atoms with Gasteiger partial charge in [-0.3, -0.25) is 4.98 Å². The Kier molecular flexibility index (Phi) is 3.63. The van der Waals surface area contributed by atoms with Gasteiger partial charge in [-0.15, -0.1) is 0 Å². The molecule has 20 heavy (non-hydrogen) atoms. The van der Waals surface area contributed by atoms with Crippen LogP contribution in [0, 0.1) is 11.3 Å². The number of pyridine rings is 1. The van der Waals surface area contributed by atoms with Crippen molar-refractivity contribution in [3.63, 3.8) is 0 Å². The Balaban J connectivity index is 2.37. The summed E-state index contributed by atoms with van der Waals surface area (Å²) < 4.78 is 11.8. The summed E-state index contributed by atoms with van der Waals surface area (Å²) in [6.07, 6.45) is -0.813. The van der Waals surface area contributed by atoms with E-state index >= 15 is 0 Å². The molecule has 0 spiro atoms. The molecule has 0 saturated carbocycles. The number of aliphatic hydroxyl groups excluding tert-OH is 1. The minimum absolute atomic E-state index is 0.347. The fourth-order valence-corrected chi connectivity index (χ4v) is 2.00. The van der Waals surface area contributed by atoms with Gasteiger partial charge in [-0.2, -0.15) is 5.26 Å². The van der Waals surface area contributed by atoms with Gasteiger partial charge < -0.3 is 14.4 Å². The summed E-state index contributed by atoms with van der Waals surface area (Å²) in [6, 6.07) is 5.36. The van der Waals surface area contributed by atoms with Crippen LogP contribution in [0.25, 0.3) is 0 Å². The van der Waals surface area contributed by atoms with E-state index in [0.717, 1.165) is 0 Å². The standard InChI is InChI=1S/C14H19BN2O3/c1-9(18)12-10(8-16)6-7-11(17-12)15-19-13(2,3)14(4,5)20-15/h6-7,9,18H,1-5H3. The van der Waals surface area contributed by atoms with E-state index < -0.39 is 24.4 Å². The van der Waals surface area contributed by atoms with Gasteiger partial charge in [0.15, 0.2) is 0 Å². The molecule has 2 rings (SSSR count). The van der Waals surface area contributed by atoms with Crippen molar-refractivity contribution in [3.8, 4) is 6.07 Å². The molecule has 0 radical (unpaired) electrons. The second kappa shape index (κ2) is 4.85. The Morgan fingerprint density at radius 1 is 1.25 bits per heavy atom. The Morgan fingerprint density at radius 2 is 1.80 bits per heavy atom. The van der Waals surface area contributed by atoms with Gasteiger partial charge in [0.1, 0.15) is 6.07 Å². The molecule has 5 nitrogen and oxygen atoms in total. The summed E-state index contributed by atoms with van der Waals surface area (Å²) in [5, 5.41) is 18.7. The van der Waals surface area contributed by atoms with Gasteiger partial charge in [-0.1, -0.05) is 0 Å². The van der Waals surface area contributed by atoms with E-state index in [2.05, 4.69) is 4.98 Å². The topological polar surface area (TPSA) is 75.4 Å². The molecule has 1 fully saturated rings. The number of rotatable bonds is 2. The second-order valence-electron chi connectivity index (χ2n) is 6.04. The quantitative estimate of drug-likeness (QED) is 0.823. The highest BCUT2D eigenvalue weighted by Gasteiger charge is 2.52. The van der Waals surface area contributed by atoms with Crippen molar-refractivity contribution in [1.82, 2.24) is 4.98 Å². The first-order valence-electron chi connectivity index (χ1n) is 6.62. The summed E-state index contributed by atoms with van der Waals surface area (Å²) in [4.78, 5) is 4.33. The lowest BCUT2D eigenvalue weighted by Gasteiger charge is -2.32. The first-order valence-corrected chi connectivity index (χ1v) is 6.62. The maximum absolute atomic E-state index is 9.71. The molecule has 106 valence electrons. The predicted octanol–water partition coefficient (Wildman–Crippen LogP) is 1.31. The van der Waals surface area contributed by atoms with Crippen molar-refractivity contribution in [2.24, 2.45) is 0 Å². The molecule has 0 aliphatic carbocycles. The number of nitriles is 1. The zero-order valence-corrected chi connectivity index (χ0v) is 12.5. The van der Waals surface area contributed by atoms with Crippen molar-refractivity contribution < 1.29 is 14.4 Å². The average Bonchev–Trinajstić information content (AvgIpc) is 2.57. The molecule has 2 heterocycles. The van der Waals surface area contributed by atoms with Gasteiger partial charge in [-0.25, -0.2) is 0 Å². The van der Waals surface area contributed by atoms with Crippen molar-refractivity contribution in [3.05, 3.63) is 23.4 Å². The van der Waals surface area contributed by atoms with Crippen molar-refractivity contribution in [2.75, 3.05) is 0 Å². The highest BCUT2D eigenvalue weighted by molar-refractivity contribution is 6.61. The van der Waals surface area contributed by atoms with Crippen LogP contribution in [0.1, 0.15) is 52.0 Å². The van der Waals surface area contributed by atoms with Gasteiger partial charge in [0.25, 0.3) is 0 Å². The van der Waals surface area contributed by atoms with Gasteiger partial charge in [0.05, 0.1) is 34.2 Å². The largest absolute Gasteiger partial charge is 0.514 e. The molecule has 1 atom stereocenters. The smallest absolute Gasteiger partial charge is 0.398 e. The fraction of sp³-hybridized carbons (Fsp3) is 0.571. The van der Waals surface area contributed by atoms with Crippen LogP contribution in [0.5, 0.6) is 0 Å². The van der Waals surface area contributed by atoms with Crippen LogP contribution in [-0.4, -0.2) is 28.4 Å². The third kappa shape index (κ3) is 2.45. The van der Waals surface area contributed by atoms with Crippen LogP contribution in [0.4, 0.5) is 0 Å². The van der Waals surface area contributed by atoms with E-state index in [9.17, 15) is 5.11 Å². The Hall–Kier alpha value is -1.42. The lowest BCUT2D eigenvalue weighted by atomic mass is 9.83. The van der Waals surface area contributed by atoms with Crippen LogP contribution >= 0.6 is 0 Å². The summed E-state index contributed by atoms with van der Waals surface area (Å²) >= 11 is 0. The molecule has 1 unspecified atom stereocenters. The third-order valence-electron chi connectivity index (χ3n) is 3.96. The summed E-state index contributed by atoms with van der Waals surface area (Å²) in [5.41, 5.74) is 0.384. The van der Waals surface area contributed by atoms with E-state index in [0.29, 0.717) is 16.9 Å². The highest BCUT2D eigenvalue weighted by Crippen LogP contribution is 2.36. The summed E-state index contributed by atoms with van der Waals surface area (Å²) in [6.45, 7) is 9.44. The second-order valence-corrected chi connectivity index (χ2v) is 6.04. The van der Waals surface area contributed by atoms with Crippen molar-refractivity contribution in [1.29, 1.82) is 5.26 Å². The maximum Gasteiger partial charge on any atom is 0.514 e. The number of aromatic nitrogens is 1. The molecule has 1 aromatic heterocycles. The van der Waals surface area contributed by atoms with Crippen molar-refractivity contribution in [2.45, 2.75) is 51.9 Å². The summed E-state index contributed by atoms with van der Waals surface area (Å²) in [7, 11) is -0.592. The zero-order valence-electron chi connectivity index (χ0n) is 12.5. The molecule has 0 aromatic carbocycles. The maximum atomic E-state index is 9.71. The van der Waals surface area contributed by atoms with Crippen LogP contribution in [0.3, 0.4) is 0 Å². The molecule has 0 bridgehead atoms. The minimum Gasteiger partial charge on any atom is -0.398 e.